The zero-order valence-corrected chi connectivity index (χ0v) is 17.2. The Morgan fingerprint density at radius 1 is 1.13 bits per heavy atom. The zero-order chi connectivity index (χ0) is 21.8. The highest BCUT2D eigenvalue weighted by Gasteiger charge is 2.43. The van der Waals surface area contributed by atoms with Crippen molar-refractivity contribution in [1.82, 2.24) is 24.5 Å². The van der Waals surface area contributed by atoms with Crippen molar-refractivity contribution in [3.63, 3.8) is 0 Å². The molecule has 2 aliphatic rings. The lowest BCUT2D eigenvalue weighted by atomic mass is 9.99. The fourth-order valence-electron chi connectivity index (χ4n) is 4.43. The van der Waals surface area contributed by atoms with E-state index < -0.39 is 12.0 Å². The molecule has 1 saturated heterocycles. The van der Waals surface area contributed by atoms with Crippen molar-refractivity contribution in [3.05, 3.63) is 47.4 Å². The Balaban J connectivity index is 1.52. The third-order valence-corrected chi connectivity index (χ3v) is 5.91. The molecule has 2 aromatic heterocycles. The van der Waals surface area contributed by atoms with Gasteiger partial charge in [-0.3, -0.25) is 4.90 Å². The van der Waals surface area contributed by atoms with Crippen LogP contribution in [-0.4, -0.2) is 50.2 Å². The van der Waals surface area contributed by atoms with Crippen molar-refractivity contribution >= 4 is 11.6 Å². The van der Waals surface area contributed by atoms with E-state index in [9.17, 15) is 13.2 Å². The Bertz CT molecular complexity index is 1110. The van der Waals surface area contributed by atoms with E-state index in [1.807, 2.05) is 18.2 Å². The van der Waals surface area contributed by atoms with Crippen LogP contribution in [-0.2, 0) is 6.18 Å². The monoisotopic (exact) mass is 432 g/mol. The lowest BCUT2D eigenvalue weighted by molar-refractivity contribution is -0.144. The summed E-state index contributed by atoms with van der Waals surface area (Å²) in [4.78, 5) is 10.2. The van der Waals surface area contributed by atoms with Gasteiger partial charge in [0.05, 0.1) is 13.2 Å². The predicted octanol–water partition coefficient (Wildman–Crippen LogP) is 3.85. The quantitative estimate of drug-likeness (QED) is 0.661. The maximum absolute atomic E-state index is 13.2. The number of fused-ring (bicyclic) bond motifs is 1. The van der Waals surface area contributed by atoms with E-state index in [1.54, 1.807) is 20.1 Å². The highest BCUT2D eigenvalue weighted by molar-refractivity contribution is 5.47. The third kappa shape index (κ3) is 3.80. The molecule has 2 atom stereocenters. The minimum absolute atomic E-state index is 0.00348. The number of rotatable bonds is 5. The van der Waals surface area contributed by atoms with E-state index >= 15 is 0 Å². The highest BCUT2D eigenvalue weighted by Crippen LogP contribution is 2.42. The number of hydrogen-bond donors (Lipinski definition) is 1. The molecule has 0 amide bonds. The van der Waals surface area contributed by atoms with Crippen LogP contribution in [0.15, 0.2) is 30.3 Å². The number of aryl methyl sites for hydroxylation is 1. The molecule has 31 heavy (non-hydrogen) atoms. The van der Waals surface area contributed by atoms with Crippen molar-refractivity contribution < 1.29 is 17.9 Å². The smallest absolute Gasteiger partial charge is 0.453 e. The van der Waals surface area contributed by atoms with Gasteiger partial charge in [0.1, 0.15) is 11.6 Å². The van der Waals surface area contributed by atoms with Gasteiger partial charge in [-0.2, -0.15) is 22.7 Å². The first kappa shape index (κ1) is 20.0. The molecule has 164 valence electrons. The average Bonchev–Trinajstić information content (AvgIpc) is 3.33. The Morgan fingerprint density at radius 3 is 2.65 bits per heavy atom. The lowest BCUT2D eigenvalue weighted by Crippen LogP contribution is -2.33. The van der Waals surface area contributed by atoms with Gasteiger partial charge in [0, 0.05) is 30.4 Å². The Kier molecular flexibility index (Phi) is 4.76. The van der Waals surface area contributed by atoms with Crippen LogP contribution in [0.1, 0.15) is 42.4 Å². The molecule has 7 nitrogen and oxygen atoms in total. The summed E-state index contributed by atoms with van der Waals surface area (Å²) in [6.07, 6.45) is -1.42. The van der Waals surface area contributed by atoms with Gasteiger partial charge >= 0.3 is 6.18 Å². The van der Waals surface area contributed by atoms with Gasteiger partial charge in [-0.1, -0.05) is 12.1 Å². The van der Waals surface area contributed by atoms with Gasteiger partial charge in [-0.25, -0.2) is 4.98 Å². The Hall–Kier alpha value is -2.88. The van der Waals surface area contributed by atoms with Crippen molar-refractivity contribution in [2.24, 2.45) is 0 Å². The molecule has 3 aromatic rings. The number of likely N-dealkylation sites (tertiary alicyclic amines) is 1. The number of nitrogens with zero attached hydrogens (tertiary/aromatic N) is 5. The predicted molar refractivity (Wildman–Crippen MR) is 108 cm³/mol. The van der Waals surface area contributed by atoms with Gasteiger partial charge in [0.2, 0.25) is 0 Å². The summed E-state index contributed by atoms with van der Waals surface area (Å²) in [5.41, 5.74) is 1.70. The number of aromatic nitrogens is 4. The summed E-state index contributed by atoms with van der Waals surface area (Å²) in [5.74, 6) is -0.0120. The first-order chi connectivity index (χ1) is 14.8. The molecular weight excluding hydrogens is 409 g/mol. The SMILES string of the molecule is COc1cccc(C2C(Nc3cc(C)nc4nc(C(F)(F)F)nn34)CCN2C2CC2)c1. The molecular formula is C21H23F3N6O. The third-order valence-electron chi connectivity index (χ3n) is 5.91. The van der Waals surface area contributed by atoms with E-state index in [2.05, 4.69) is 31.3 Å². The molecule has 1 saturated carbocycles. The molecule has 10 heteroatoms. The van der Waals surface area contributed by atoms with Gasteiger partial charge in [-0.15, -0.1) is 5.10 Å². The summed E-state index contributed by atoms with van der Waals surface area (Å²) in [5, 5.41) is 7.14. The van der Waals surface area contributed by atoms with Gasteiger partial charge in [0.25, 0.3) is 11.6 Å². The van der Waals surface area contributed by atoms with Crippen LogP contribution in [0.5, 0.6) is 5.75 Å². The maximum Gasteiger partial charge on any atom is 0.453 e. The van der Waals surface area contributed by atoms with Crippen molar-refractivity contribution in [1.29, 1.82) is 0 Å². The number of methoxy groups -OCH3 is 1. The lowest BCUT2D eigenvalue weighted by Gasteiger charge is -2.30. The van der Waals surface area contributed by atoms with Gasteiger partial charge in [0.15, 0.2) is 0 Å². The number of benzene rings is 1. The van der Waals surface area contributed by atoms with E-state index in [1.165, 1.54) is 12.8 Å². The topological polar surface area (TPSA) is 67.6 Å². The first-order valence-corrected chi connectivity index (χ1v) is 10.3. The van der Waals surface area contributed by atoms with Crippen LogP contribution < -0.4 is 10.1 Å². The number of nitrogens with one attached hydrogen (secondary N) is 1. The van der Waals surface area contributed by atoms with Crippen molar-refractivity contribution in [2.75, 3.05) is 19.0 Å². The minimum atomic E-state index is -4.63. The molecule has 0 spiro atoms. The van der Waals surface area contributed by atoms with E-state index in [0.717, 1.165) is 28.8 Å². The molecule has 2 fully saturated rings. The second-order valence-electron chi connectivity index (χ2n) is 8.16. The molecule has 1 aromatic carbocycles. The van der Waals surface area contributed by atoms with Crippen LogP contribution in [0.25, 0.3) is 5.78 Å². The van der Waals surface area contributed by atoms with Crippen molar-refractivity contribution in [3.8, 4) is 5.75 Å². The van der Waals surface area contributed by atoms with Crippen molar-refractivity contribution in [2.45, 2.75) is 50.5 Å². The number of hydrogen-bond acceptors (Lipinski definition) is 6. The Labute approximate surface area is 177 Å². The van der Waals surface area contributed by atoms with Crippen LogP contribution >= 0.6 is 0 Å². The molecule has 3 heterocycles. The Morgan fingerprint density at radius 2 is 1.94 bits per heavy atom. The van der Waals surface area contributed by atoms with Crippen LogP contribution in [0, 0.1) is 6.92 Å². The van der Waals surface area contributed by atoms with Gasteiger partial charge < -0.3 is 10.1 Å². The summed E-state index contributed by atoms with van der Waals surface area (Å²) < 4.78 is 46.0. The normalized spacial score (nSPS) is 22.2. The van der Waals surface area contributed by atoms with E-state index in [-0.39, 0.29) is 17.9 Å². The summed E-state index contributed by atoms with van der Waals surface area (Å²) in [7, 11) is 1.64. The highest BCUT2D eigenvalue weighted by atomic mass is 19.4. The molecule has 0 bridgehead atoms. The second-order valence-corrected chi connectivity index (χ2v) is 8.16. The van der Waals surface area contributed by atoms with Crippen LogP contribution in [0.2, 0.25) is 0 Å². The first-order valence-electron chi connectivity index (χ1n) is 10.3. The zero-order valence-electron chi connectivity index (χ0n) is 17.2. The fraction of sp³-hybridized carbons (Fsp3) is 0.476. The summed E-state index contributed by atoms with van der Waals surface area (Å²) >= 11 is 0. The van der Waals surface area contributed by atoms with Crippen LogP contribution in [0.3, 0.4) is 0 Å². The minimum Gasteiger partial charge on any atom is -0.497 e. The fourth-order valence-corrected chi connectivity index (χ4v) is 4.43. The summed E-state index contributed by atoms with van der Waals surface area (Å²) in [6.45, 7) is 2.65. The molecule has 5 rings (SSSR count). The van der Waals surface area contributed by atoms with E-state index in [0.29, 0.717) is 17.6 Å². The molecule has 2 unspecified atom stereocenters. The molecule has 1 N–H and O–H groups in total. The molecule has 1 aliphatic heterocycles. The number of alkyl halides is 3. The number of ether oxygens (including phenoxy) is 1. The summed E-state index contributed by atoms with van der Waals surface area (Å²) in [6, 6.07) is 10.3. The second kappa shape index (κ2) is 7.37. The van der Waals surface area contributed by atoms with Crippen LogP contribution in [0.4, 0.5) is 19.0 Å². The molecule has 0 radical (unpaired) electrons. The number of halogens is 3. The maximum atomic E-state index is 13.2. The molecule has 1 aliphatic carbocycles. The number of anilines is 1. The van der Waals surface area contributed by atoms with Gasteiger partial charge in [-0.05, 0) is 43.9 Å². The standard InChI is InChI=1S/C21H23F3N6O/c1-12-10-17(30-20(25-12)27-19(28-30)21(22,23)24)26-16-8-9-29(14-6-7-14)18(16)13-4-3-5-15(11-13)31-2/h3-5,10-11,14,16,18,26H,6-9H2,1-2H3. The largest absolute Gasteiger partial charge is 0.497 e. The van der Waals surface area contributed by atoms with E-state index in [4.69, 9.17) is 4.74 Å². The average molecular weight is 432 g/mol.